The summed E-state index contributed by atoms with van der Waals surface area (Å²) in [6.45, 7) is 2.20. The van der Waals surface area contributed by atoms with E-state index in [0.717, 1.165) is 25.1 Å². The van der Waals surface area contributed by atoms with Gasteiger partial charge in [0.1, 0.15) is 0 Å². The number of amides is 1. The summed E-state index contributed by atoms with van der Waals surface area (Å²) in [6.07, 6.45) is 4.13. The van der Waals surface area contributed by atoms with Gasteiger partial charge in [-0.25, -0.2) is 0 Å². The number of methoxy groups -OCH3 is 1. The van der Waals surface area contributed by atoms with E-state index in [4.69, 9.17) is 16.3 Å². The normalized spacial score (nSPS) is 22.4. The number of hydrogen-bond donors (Lipinski definition) is 1. The average Bonchev–Trinajstić information content (AvgIpc) is 2.84. The fraction of sp³-hybridized carbons (Fsp3) is 0.600. The van der Waals surface area contributed by atoms with E-state index in [9.17, 15) is 4.79 Å². The molecule has 0 aliphatic carbocycles. The fourth-order valence-electron chi connectivity index (χ4n) is 3.01. The molecule has 6 heteroatoms. The molecule has 1 aromatic heterocycles. The first-order valence-corrected chi connectivity index (χ1v) is 7.52. The van der Waals surface area contributed by atoms with Gasteiger partial charge in [-0.1, -0.05) is 11.6 Å². The third kappa shape index (κ3) is 3.93. The summed E-state index contributed by atoms with van der Waals surface area (Å²) in [6, 6.07) is 3.77. The van der Waals surface area contributed by atoms with Crippen LogP contribution in [0.25, 0.3) is 0 Å². The van der Waals surface area contributed by atoms with Gasteiger partial charge in [-0.3, -0.25) is 14.7 Å². The van der Waals surface area contributed by atoms with E-state index >= 15 is 0 Å². The minimum atomic E-state index is -0.240. The predicted octanol–water partition coefficient (Wildman–Crippen LogP) is 1.85. The summed E-state index contributed by atoms with van der Waals surface area (Å²) < 4.78 is 5.40. The smallest absolute Gasteiger partial charge is 0.221 e. The molecule has 1 fully saturated rings. The van der Waals surface area contributed by atoms with Crippen LogP contribution in [-0.4, -0.2) is 48.6 Å². The summed E-state index contributed by atoms with van der Waals surface area (Å²) in [4.78, 5) is 18.5. The summed E-state index contributed by atoms with van der Waals surface area (Å²) in [5, 5.41) is 3.35. The predicted molar refractivity (Wildman–Crippen MR) is 82.2 cm³/mol. The van der Waals surface area contributed by atoms with Crippen molar-refractivity contribution in [3.8, 4) is 0 Å². The first-order chi connectivity index (χ1) is 10.1. The zero-order chi connectivity index (χ0) is 15.3. The third-order valence-corrected chi connectivity index (χ3v) is 4.29. The van der Waals surface area contributed by atoms with Gasteiger partial charge in [0.25, 0.3) is 0 Å². The second kappa shape index (κ2) is 7.20. The first kappa shape index (κ1) is 16.2. The highest BCUT2D eigenvalue weighted by Crippen LogP contribution is 2.34. The molecule has 0 saturated carbocycles. The van der Waals surface area contributed by atoms with Crippen molar-refractivity contribution in [2.24, 2.45) is 0 Å². The highest BCUT2D eigenvalue weighted by Gasteiger charge is 2.42. The molecular formula is C15H22ClN3O2. The van der Waals surface area contributed by atoms with Crippen molar-refractivity contribution in [2.45, 2.75) is 31.3 Å². The Hall–Kier alpha value is -1.17. The van der Waals surface area contributed by atoms with Gasteiger partial charge in [-0.05, 0) is 31.5 Å². The van der Waals surface area contributed by atoms with Crippen LogP contribution in [0.15, 0.2) is 18.3 Å². The topological polar surface area (TPSA) is 54.5 Å². The molecule has 5 nitrogen and oxygen atoms in total. The lowest BCUT2D eigenvalue weighted by Crippen LogP contribution is -2.50. The molecular weight excluding hydrogens is 290 g/mol. The second-order valence-electron chi connectivity index (χ2n) is 5.50. The monoisotopic (exact) mass is 311 g/mol. The minimum absolute atomic E-state index is 0.0445. The van der Waals surface area contributed by atoms with Gasteiger partial charge < -0.3 is 10.1 Å². The summed E-state index contributed by atoms with van der Waals surface area (Å²) >= 11 is 5.87. The summed E-state index contributed by atoms with van der Waals surface area (Å²) in [7, 11) is 3.35. The lowest BCUT2D eigenvalue weighted by atomic mass is 9.92. The van der Waals surface area contributed by atoms with Crippen LogP contribution in [0.2, 0.25) is 5.02 Å². The van der Waals surface area contributed by atoms with Crippen LogP contribution in [0.1, 0.15) is 25.0 Å². The summed E-state index contributed by atoms with van der Waals surface area (Å²) in [5.41, 5.74) is 0.717. The molecule has 1 aromatic rings. The quantitative estimate of drug-likeness (QED) is 0.871. The van der Waals surface area contributed by atoms with Crippen LogP contribution in [0.5, 0.6) is 0 Å². The number of ether oxygens (including phenoxy) is 1. The Morgan fingerprint density at radius 1 is 1.57 bits per heavy atom. The van der Waals surface area contributed by atoms with E-state index in [0.29, 0.717) is 24.6 Å². The molecule has 1 atom stereocenters. The number of rotatable bonds is 6. The van der Waals surface area contributed by atoms with Gasteiger partial charge in [0, 0.05) is 33.3 Å². The number of nitrogens with zero attached hydrogens (tertiary/aromatic N) is 2. The largest absolute Gasteiger partial charge is 0.383 e. The maximum Gasteiger partial charge on any atom is 0.221 e. The van der Waals surface area contributed by atoms with E-state index in [1.54, 1.807) is 20.4 Å². The van der Waals surface area contributed by atoms with Crippen LogP contribution < -0.4 is 5.32 Å². The molecule has 1 amide bonds. The Balaban J connectivity index is 2.14. The van der Waals surface area contributed by atoms with Crippen molar-refractivity contribution in [3.63, 3.8) is 0 Å². The van der Waals surface area contributed by atoms with Crippen molar-refractivity contribution in [1.29, 1.82) is 0 Å². The molecule has 21 heavy (non-hydrogen) atoms. The number of pyridine rings is 1. The van der Waals surface area contributed by atoms with Gasteiger partial charge >= 0.3 is 0 Å². The van der Waals surface area contributed by atoms with Crippen LogP contribution in [-0.2, 0) is 16.1 Å². The molecule has 1 unspecified atom stereocenters. The van der Waals surface area contributed by atoms with Gasteiger partial charge in [-0.2, -0.15) is 0 Å². The molecule has 2 rings (SSSR count). The number of aromatic nitrogens is 1. The minimum Gasteiger partial charge on any atom is -0.383 e. The zero-order valence-corrected chi connectivity index (χ0v) is 13.3. The van der Waals surface area contributed by atoms with Crippen molar-refractivity contribution < 1.29 is 9.53 Å². The maximum absolute atomic E-state index is 11.9. The zero-order valence-electron chi connectivity index (χ0n) is 12.6. The molecule has 1 N–H and O–H groups in total. The van der Waals surface area contributed by atoms with Gasteiger partial charge in [0.05, 0.1) is 22.9 Å². The van der Waals surface area contributed by atoms with E-state index in [-0.39, 0.29) is 11.4 Å². The molecule has 0 spiro atoms. The SMILES string of the molecule is CNC(=O)CC1(COC)CCCN1Cc1ccc(Cl)cn1. The van der Waals surface area contributed by atoms with Crippen LogP contribution in [0.4, 0.5) is 0 Å². The van der Waals surface area contributed by atoms with Crippen molar-refractivity contribution in [3.05, 3.63) is 29.0 Å². The Morgan fingerprint density at radius 3 is 3.00 bits per heavy atom. The van der Waals surface area contributed by atoms with Crippen LogP contribution in [0, 0.1) is 0 Å². The highest BCUT2D eigenvalue weighted by molar-refractivity contribution is 6.30. The number of likely N-dealkylation sites (tertiary alicyclic amines) is 1. The number of hydrogen-bond acceptors (Lipinski definition) is 4. The molecule has 1 saturated heterocycles. The Morgan fingerprint density at radius 2 is 2.38 bits per heavy atom. The van der Waals surface area contributed by atoms with Gasteiger partial charge in [-0.15, -0.1) is 0 Å². The van der Waals surface area contributed by atoms with Gasteiger partial charge in [0.2, 0.25) is 5.91 Å². The van der Waals surface area contributed by atoms with E-state index in [1.807, 2.05) is 12.1 Å². The van der Waals surface area contributed by atoms with Crippen LogP contribution >= 0.6 is 11.6 Å². The second-order valence-corrected chi connectivity index (χ2v) is 5.94. The van der Waals surface area contributed by atoms with Crippen LogP contribution in [0.3, 0.4) is 0 Å². The number of carbonyl (C=O) groups excluding carboxylic acids is 1. The first-order valence-electron chi connectivity index (χ1n) is 7.15. The van der Waals surface area contributed by atoms with Crippen molar-refractivity contribution >= 4 is 17.5 Å². The molecule has 116 valence electrons. The Bertz CT molecular complexity index is 480. The van der Waals surface area contributed by atoms with Crippen molar-refractivity contribution in [1.82, 2.24) is 15.2 Å². The van der Waals surface area contributed by atoms with Gasteiger partial charge in [0.15, 0.2) is 0 Å². The molecule has 1 aliphatic heterocycles. The number of halogens is 1. The standard InChI is InChI=1S/C15H22ClN3O2/c1-17-14(20)8-15(11-21-2)6-3-7-19(15)10-13-5-4-12(16)9-18-13/h4-5,9H,3,6-8,10-11H2,1-2H3,(H,17,20). The average molecular weight is 312 g/mol. The highest BCUT2D eigenvalue weighted by atomic mass is 35.5. The molecule has 0 radical (unpaired) electrons. The third-order valence-electron chi connectivity index (χ3n) is 4.06. The van der Waals surface area contributed by atoms with E-state index < -0.39 is 0 Å². The summed E-state index contributed by atoms with van der Waals surface area (Å²) in [5.74, 6) is 0.0445. The fourth-order valence-corrected chi connectivity index (χ4v) is 3.12. The number of carbonyl (C=O) groups is 1. The van der Waals surface area contributed by atoms with E-state index in [1.165, 1.54) is 0 Å². The molecule has 0 bridgehead atoms. The molecule has 0 aromatic carbocycles. The lowest BCUT2D eigenvalue weighted by Gasteiger charge is -2.37. The Kier molecular flexibility index (Phi) is 5.56. The molecule has 2 heterocycles. The van der Waals surface area contributed by atoms with Crippen molar-refractivity contribution in [2.75, 3.05) is 27.3 Å². The maximum atomic E-state index is 11.9. The van der Waals surface area contributed by atoms with E-state index in [2.05, 4.69) is 15.2 Å². The number of nitrogens with one attached hydrogen (secondary N) is 1. The Labute approximate surface area is 130 Å². The lowest BCUT2D eigenvalue weighted by molar-refractivity contribution is -0.124. The molecule has 1 aliphatic rings.